The van der Waals surface area contributed by atoms with E-state index in [1.54, 1.807) is 0 Å². The van der Waals surface area contributed by atoms with Crippen LogP contribution in [0, 0.1) is 0 Å². The molecule has 0 unspecified atom stereocenters. The number of hydrogen-bond donors (Lipinski definition) is 0. The second-order valence-electron chi connectivity index (χ2n) is 4.58. The SMILES string of the molecule is FC(F)(F)CN1CCC(=Cc2cccc(Br)n2)CC1. The van der Waals surface area contributed by atoms with E-state index in [4.69, 9.17) is 0 Å². The molecule has 19 heavy (non-hydrogen) atoms. The summed E-state index contributed by atoms with van der Waals surface area (Å²) in [6.07, 6.45) is -0.794. The minimum absolute atomic E-state index is 0.458. The third-order valence-electron chi connectivity index (χ3n) is 2.99. The van der Waals surface area contributed by atoms with Gasteiger partial charge in [0.2, 0.25) is 0 Å². The lowest BCUT2D eigenvalue weighted by Crippen LogP contribution is -2.38. The Morgan fingerprint density at radius 2 is 1.95 bits per heavy atom. The molecule has 1 saturated heterocycles. The molecule has 0 N–H and O–H groups in total. The maximum atomic E-state index is 12.3. The van der Waals surface area contributed by atoms with Crippen molar-refractivity contribution in [1.29, 1.82) is 0 Å². The van der Waals surface area contributed by atoms with E-state index in [2.05, 4.69) is 20.9 Å². The van der Waals surface area contributed by atoms with E-state index in [-0.39, 0.29) is 0 Å². The van der Waals surface area contributed by atoms with Crippen molar-refractivity contribution in [2.24, 2.45) is 0 Å². The zero-order chi connectivity index (χ0) is 13.9. The molecule has 0 spiro atoms. The van der Waals surface area contributed by atoms with Gasteiger partial charge in [0.15, 0.2) is 0 Å². The van der Waals surface area contributed by atoms with Crippen molar-refractivity contribution in [1.82, 2.24) is 9.88 Å². The van der Waals surface area contributed by atoms with Gasteiger partial charge in [0, 0.05) is 13.1 Å². The van der Waals surface area contributed by atoms with Gasteiger partial charge in [-0.05, 0) is 47.0 Å². The molecule has 1 aliphatic rings. The van der Waals surface area contributed by atoms with Gasteiger partial charge in [-0.1, -0.05) is 11.6 Å². The quantitative estimate of drug-likeness (QED) is 0.763. The second-order valence-corrected chi connectivity index (χ2v) is 5.39. The van der Waals surface area contributed by atoms with Gasteiger partial charge in [-0.15, -0.1) is 0 Å². The fourth-order valence-electron chi connectivity index (χ4n) is 2.11. The van der Waals surface area contributed by atoms with Crippen molar-refractivity contribution in [3.63, 3.8) is 0 Å². The van der Waals surface area contributed by atoms with Crippen molar-refractivity contribution in [3.05, 3.63) is 34.1 Å². The molecule has 0 saturated carbocycles. The van der Waals surface area contributed by atoms with Crippen molar-refractivity contribution >= 4 is 22.0 Å². The smallest absolute Gasteiger partial charge is 0.294 e. The topological polar surface area (TPSA) is 16.1 Å². The zero-order valence-corrected chi connectivity index (χ0v) is 11.8. The summed E-state index contributed by atoms with van der Waals surface area (Å²) < 4.78 is 37.5. The summed E-state index contributed by atoms with van der Waals surface area (Å²) in [5.74, 6) is 0. The van der Waals surface area contributed by atoms with Crippen molar-refractivity contribution < 1.29 is 13.2 Å². The lowest BCUT2D eigenvalue weighted by atomic mass is 10.0. The number of pyridine rings is 1. The van der Waals surface area contributed by atoms with Crippen LogP contribution in [0.25, 0.3) is 6.08 Å². The normalized spacial score (nSPS) is 17.6. The summed E-state index contributed by atoms with van der Waals surface area (Å²) >= 11 is 3.30. The lowest BCUT2D eigenvalue weighted by Gasteiger charge is -2.28. The molecule has 6 heteroatoms. The van der Waals surface area contributed by atoms with Crippen LogP contribution in [0.15, 0.2) is 28.4 Å². The van der Waals surface area contributed by atoms with Crippen LogP contribution in [0.2, 0.25) is 0 Å². The van der Waals surface area contributed by atoms with E-state index in [0.717, 1.165) is 15.9 Å². The number of halogens is 4. The Morgan fingerprint density at radius 3 is 2.53 bits per heavy atom. The molecule has 0 radical (unpaired) electrons. The molecule has 2 nitrogen and oxygen atoms in total. The van der Waals surface area contributed by atoms with Gasteiger partial charge < -0.3 is 0 Å². The van der Waals surface area contributed by atoms with Crippen LogP contribution in [-0.2, 0) is 0 Å². The Labute approximate surface area is 118 Å². The molecule has 1 aromatic rings. The van der Waals surface area contributed by atoms with Crippen molar-refractivity contribution in [3.8, 4) is 0 Å². The first-order valence-electron chi connectivity index (χ1n) is 6.03. The summed E-state index contributed by atoms with van der Waals surface area (Å²) in [5.41, 5.74) is 2.00. The fourth-order valence-corrected chi connectivity index (χ4v) is 2.47. The third kappa shape index (κ3) is 4.95. The molecule has 1 fully saturated rings. The first-order chi connectivity index (χ1) is 8.92. The van der Waals surface area contributed by atoms with Gasteiger partial charge in [-0.2, -0.15) is 13.2 Å². The summed E-state index contributed by atoms with van der Waals surface area (Å²) in [6, 6.07) is 5.62. The maximum Gasteiger partial charge on any atom is 0.401 e. The van der Waals surface area contributed by atoms with Crippen molar-refractivity contribution in [2.75, 3.05) is 19.6 Å². The number of rotatable bonds is 2. The predicted molar refractivity (Wildman–Crippen MR) is 71.6 cm³/mol. The molecule has 0 bridgehead atoms. The first kappa shape index (κ1) is 14.5. The average Bonchev–Trinajstić information content (AvgIpc) is 2.30. The highest BCUT2D eigenvalue weighted by molar-refractivity contribution is 9.10. The monoisotopic (exact) mass is 334 g/mol. The standard InChI is InChI=1S/C13H14BrF3N2/c14-12-3-1-2-11(18-12)8-10-4-6-19(7-5-10)9-13(15,16)17/h1-3,8H,4-7,9H2. The summed E-state index contributed by atoms with van der Waals surface area (Å²) in [7, 11) is 0. The molecule has 1 aliphatic heterocycles. The van der Waals surface area contributed by atoms with Gasteiger partial charge >= 0.3 is 6.18 Å². The molecular formula is C13H14BrF3N2. The largest absolute Gasteiger partial charge is 0.401 e. The van der Waals surface area contributed by atoms with Gasteiger partial charge in [-0.3, -0.25) is 4.90 Å². The predicted octanol–water partition coefficient (Wildman–Crippen LogP) is 3.89. The summed E-state index contributed by atoms with van der Waals surface area (Å²) in [5, 5.41) is 0. The molecule has 0 aliphatic carbocycles. The van der Waals surface area contributed by atoms with Gasteiger partial charge in [0.05, 0.1) is 12.2 Å². The average molecular weight is 335 g/mol. The first-order valence-corrected chi connectivity index (χ1v) is 6.83. The van der Waals surface area contributed by atoms with Crippen LogP contribution >= 0.6 is 15.9 Å². The minimum atomic E-state index is -4.10. The van der Waals surface area contributed by atoms with E-state index in [1.165, 1.54) is 4.90 Å². The van der Waals surface area contributed by atoms with E-state index < -0.39 is 12.7 Å². The molecule has 2 rings (SSSR count). The van der Waals surface area contributed by atoms with Crippen LogP contribution < -0.4 is 0 Å². The molecule has 1 aromatic heterocycles. The van der Waals surface area contributed by atoms with Crippen LogP contribution in [0.4, 0.5) is 13.2 Å². The molecule has 0 aromatic carbocycles. The Balaban J connectivity index is 1.93. The highest BCUT2D eigenvalue weighted by Gasteiger charge is 2.31. The minimum Gasteiger partial charge on any atom is -0.294 e. The van der Waals surface area contributed by atoms with Crippen LogP contribution in [0.3, 0.4) is 0 Å². The van der Waals surface area contributed by atoms with Crippen LogP contribution in [0.1, 0.15) is 18.5 Å². The highest BCUT2D eigenvalue weighted by Crippen LogP contribution is 2.23. The number of nitrogens with zero attached hydrogens (tertiary/aromatic N) is 2. The third-order valence-corrected chi connectivity index (χ3v) is 3.43. The fraction of sp³-hybridized carbons (Fsp3) is 0.462. The Bertz CT molecular complexity index is 461. The van der Waals surface area contributed by atoms with E-state index in [0.29, 0.717) is 25.9 Å². The molecule has 104 valence electrons. The molecule has 2 heterocycles. The van der Waals surface area contributed by atoms with Crippen molar-refractivity contribution in [2.45, 2.75) is 19.0 Å². The van der Waals surface area contributed by atoms with Gasteiger partial charge in [0.1, 0.15) is 4.60 Å². The molecular weight excluding hydrogens is 321 g/mol. The number of alkyl halides is 3. The maximum absolute atomic E-state index is 12.3. The lowest BCUT2D eigenvalue weighted by molar-refractivity contribution is -0.146. The summed E-state index contributed by atoms with van der Waals surface area (Å²) in [6.45, 7) is 0.105. The number of likely N-dealkylation sites (tertiary alicyclic amines) is 1. The Morgan fingerprint density at radius 1 is 1.26 bits per heavy atom. The molecule has 0 atom stereocenters. The van der Waals surface area contributed by atoms with E-state index in [9.17, 15) is 13.2 Å². The number of aromatic nitrogens is 1. The van der Waals surface area contributed by atoms with Gasteiger partial charge in [-0.25, -0.2) is 4.98 Å². The second kappa shape index (κ2) is 6.05. The van der Waals surface area contributed by atoms with Crippen LogP contribution in [0.5, 0.6) is 0 Å². The Kier molecular flexibility index (Phi) is 4.62. The highest BCUT2D eigenvalue weighted by atomic mass is 79.9. The van der Waals surface area contributed by atoms with E-state index >= 15 is 0 Å². The van der Waals surface area contributed by atoms with Gasteiger partial charge in [0.25, 0.3) is 0 Å². The van der Waals surface area contributed by atoms with Crippen LogP contribution in [-0.4, -0.2) is 35.7 Å². The molecule has 0 amide bonds. The zero-order valence-electron chi connectivity index (χ0n) is 10.3. The van der Waals surface area contributed by atoms with E-state index in [1.807, 2.05) is 24.3 Å². The summed E-state index contributed by atoms with van der Waals surface area (Å²) in [4.78, 5) is 5.74. The Hall–Kier alpha value is -0.880. The number of hydrogen-bond acceptors (Lipinski definition) is 2. The number of piperidine rings is 1.